The second-order valence-electron chi connectivity index (χ2n) is 2.47. The fraction of sp³-hybridized carbons (Fsp3) is 0.222. The van der Waals surface area contributed by atoms with Crippen LogP contribution in [0.15, 0.2) is 29.6 Å². The lowest BCUT2D eigenvalue weighted by Gasteiger charge is -1.96. The van der Waals surface area contributed by atoms with Crippen LogP contribution in [0.2, 0.25) is 0 Å². The van der Waals surface area contributed by atoms with E-state index in [-0.39, 0.29) is 12.1 Å². The Balaban J connectivity index is 2.44. The Morgan fingerprint density at radius 2 is 2.40 bits per heavy atom. The van der Waals surface area contributed by atoms with Gasteiger partial charge in [0.05, 0.1) is 0 Å². The van der Waals surface area contributed by atoms with E-state index in [1.54, 1.807) is 0 Å². The topological polar surface area (TPSA) is 49.6 Å². The van der Waals surface area contributed by atoms with E-state index in [1.807, 2.05) is 6.07 Å². The van der Waals surface area contributed by atoms with E-state index >= 15 is 0 Å². The monoisotopic (exact) mass is 227 g/mol. The zero-order chi connectivity index (χ0) is 11.1. The first-order chi connectivity index (χ1) is 7.22. The first-order valence-corrected chi connectivity index (χ1v) is 5.08. The van der Waals surface area contributed by atoms with Crippen LogP contribution in [0.3, 0.4) is 0 Å². The van der Waals surface area contributed by atoms with Crippen LogP contribution in [0.25, 0.3) is 0 Å². The van der Waals surface area contributed by atoms with Crippen LogP contribution in [0.4, 0.5) is 8.78 Å². The van der Waals surface area contributed by atoms with Crippen molar-refractivity contribution in [3.8, 4) is 6.07 Å². The lowest BCUT2D eigenvalue weighted by atomic mass is 10.5. The molecule has 1 aromatic heterocycles. The quantitative estimate of drug-likeness (QED) is 0.450. The van der Waals surface area contributed by atoms with E-state index in [0.717, 1.165) is 6.08 Å². The van der Waals surface area contributed by atoms with Gasteiger partial charge in [0, 0.05) is 11.9 Å². The van der Waals surface area contributed by atoms with Crippen molar-refractivity contribution in [2.75, 3.05) is 5.75 Å². The summed E-state index contributed by atoms with van der Waals surface area (Å²) < 4.78 is 23.3. The summed E-state index contributed by atoms with van der Waals surface area (Å²) in [5.41, 5.74) is 0.278. The average Bonchev–Trinajstić information content (AvgIpc) is 2.24. The van der Waals surface area contributed by atoms with E-state index < -0.39 is 6.08 Å². The molecule has 0 atom stereocenters. The van der Waals surface area contributed by atoms with Crippen molar-refractivity contribution in [1.29, 1.82) is 5.26 Å². The predicted octanol–water partition coefficient (Wildman–Crippen LogP) is 2.61. The van der Waals surface area contributed by atoms with Gasteiger partial charge in [0.2, 0.25) is 0 Å². The van der Waals surface area contributed by atoms with E-state index in [1.165, 1.54) is 24.0 Å². The van der Waals surface area contributed by atoms with Crippen molar-refractivity contribution in [1.82, 2.24) is 9.97 Å². The fourth-order valence-corrected chi connectivity index (χ4v) is 1.51. The Morgan fingerprint density at radius 3 is 3.07 bits per heavy atom. The molecule has 0 N–H and O–H groups in total. The summed E-state index contributed by atoms with van der Waals surface area (Å²) in [6.07, 6.45) is 0.899. The Hall–Kier alpha value is -1.48. The minimum Gasteiger partial charge on any atom is -0.231 e. The molecule has 0 aliphatic heterocycles. The molecule has 1 rings (SSSR count). The minimum atomic E-state index is -1.68. The lowest BCUT2D eigenvalue weighted by molar-refractivity contribution is 0.418. The summed E-state index contributed by atoms with van der Waals surface area (Å²) in [4.78, 5) is 7.79. The maximum atomic E-state index is 11.7. The molecule has 6 heteroatoms. The van der Waals surface area contributed by atoms with Gasteiger partial charge in [0.15, 0.2) is 5.16 Å². The molecule has 0 spiro atoms. The van der Waals surface area contributed by atoms with Crippen molar-refractivity contribution in [3.63, 3.8) is 0 Å². The number of allylic oxidation sites excluding steroid dienone is 1. The molecule has 0 aromatic carbocycles. The first-order valence-electron chi connectivity index (χ1n) is 4.09. The van der Waals surface area contributed by atoms with Crippen LogP contribution in [-0.4, -0.2) is 15.7 Å². The highest BCUT2D eigenvalue weighted by Crippen LogP contribution is 2.14. The average molecular weight is 227 g/mol. The molecule has 15 heavy (non-hydrogen) atoms. The van der Waals surface area contributed by atoms with E-state index in [4.69, 9.17) is 5.26 Å². The Morgan fingerprint density at radius 1 is 1.60 bits per heavy atom. The molecule has 0 aliphatic carbocycles. The van der Waals surface area contributed by atoms with E-state index in [2.05, 4.69) is 9.97 Å². The Bertz CT molecular complexity index is 397. The molecule has 1 aromatic rings. The maximum Gasteiger partial charge on any atom is 0.266 e. The third-order valence-electron chi connectivity index (χ3n) is 1.40. The summed E-state index contributed by atoms with van der Waals surface area (Å²) in [6.45, 7) is 0. The molecule has 0 fully saturated rings. The summed E-state index contributed by atoms with van der Waals surface area (Å²) >= 11 is 1.24. The highest BCUT2D eigenvalue weighted by Gasteiger charge is 1.98. The highest BCUT2D eigenvalue weighted by atomic mass is 32.2. The molecule has 0 aliphatic rings. The molecule has 0 bridgehead atoms. The van der Waals surface area contributed by atoms with Gasteiger partial charge in [-0.1, -0.05) is 11.8 Å². The number of halogens is 2. The normalized spacial score (nSPS) is 9.40. The van der Waals surface area contributed by atoms with Crippen LogP contribution in [-0.2, 0) is 0 Å². The van der Waals surface area contributed by atoms with Gasteiger partial charge in [-0.05, 0) is 18.6 Å². The van der Waals surface area contributed by atoms with Gasteiger partial charge in [-0.2, -0.15) is 14.0 Å². The minimum absolute atomic E-state index is 0.257. The second-order valence-corrected chi connectivity index (χ2v) is 3.53. The van der Waals surface area contributed by atoms with Gasteiger partial charge >= 0.3 is 0 Å². The zero-order valence-corrected chi connectivity index (χ0v) is 8.47. The molecule has 1 heterocycles. The van der Waals surface area contributed by atoms with E-state index in [0.29, 0.717) is 10.9 Å². The number of aromatic nitrogens is 2. The van der Waals surface area contributed by atoms with Crippen molar-refractivity contribution in [2.45, 2.75) is 11.6 Å². The smallest absolute Gasteiger partial charge is 0.231 e. The van der Waals surface area contributed by atoms with Crippen LogP contribution < -0.4 is 0 Å². The molecule has 0 amide bonds. The summed E-state index contributed by atoms with van der Waals surface area (Å²) in [6, 6.07) is 3.37. The van der Waals surface area contributed by atoms with Crippen molar-refractivity contribution >= 4 is 11.8 Å². The third kappa shape index (κ3) is 4.51. The van der Waals surface area contributed by atoms with Gasteiger partial charge in [-0.25, -0.2) is 9.97 Å². The number of nitriles is 1. The maximum absolute atomic E-state index is 11.7. The van der Waals surface area contributed by atoms with E-state index in [9.17, 15) is 8.78 Å². The molecule has 0 saturated carbocycles. The SMILES string of the molecule is N#Cc1ccnc(SCCC=C(F)F)n1. The zero-order valence-electron chi connectivity index (χ0n) is 7.65. The first kappa shape index (κ1) is 11.6. The van der Waals surface area contributed by atoms with Crippen molar-refractivity contribution in [2.24, 2.45) is 0 Å². The number of hydrogen-bond donors (Lipinski definition) is 0. The summed E-state index contributed by atoms with van der Waals surface area (Å²) in [5, 5.41) is 8.98. The fourth-order valence-electron chi connectivity index (χ4n) is 0.791. The number of rotatable bonds is 4. The molecular formula is C9H7F2N3S. The van der Waals surface area contributed by atoms with Gasteiger partial charge in [0.25, 0.3) is 6.08 Å². The number of hydrogen-bond acceptors (Lipinski definition) is 4. The van der Waals surface area contributed by atoms with Crippen LogP contribution >= 0.6 is 11.8 Å². The molecule has 78 valence electrons. The summed E-state index contributed by atoms with van der Waals surface area (Å²) in [5.74, 6) is 0.465. The predicted molar refractivity (Wildman–Crippen MR) is 52.4 cm³/mol. The Labute approximate surface area is 89.9 Å². The second kappa shape index (κ2) is 6.09. The van der Waals surface area contributed by atoms with Gasteiger partial charge in [-0.15, -0.1) is 0 Å². The largest absolute Gasteiger partial charge is 0.266 e. The highest BCUT2D eigenvalue weighted by molar-refractivity contribution is 7.99. The van der Waals surface area contributed by atoms with Crippen molar-refractivity contribution < 1.29 is 8.78 Å². The molecule has 0 radical (unpaired) electrons. The molecule has 0 unspecified atom stereocenters. The number of thioether (sulfide) groups is 1. The molecule has 3 nitrogen and oxygen atoms in total. The molecular weight excluding hydrogens is 220 g/mol. The number of nitrogens with zero attached hydrogens (tertiary/aromatic N) is 3. The standard InChI is InChI=1S/C9H7F2N3S/c10-8(11)2-1-5-15-9-13-4-3-7(6-12)14-9/h2-4H,1,5H2. The van der Waals surface area contributed by atoms with Gasteiger partial charge in [0.1, 0.15) is 11.8 Å². The van der Waals surface area contributed by atoms with Gasteiger partial charge in [-0.3, -0.25) is 0 Å². The van der Waals surface area contributed by atoms with Crippen LogP contribution in [0, 0.1) is 11.3 Å². The summed E-state index contributed by atoms with van der Waals surface area (Å²) in [7, 11) is 0. The van der Waals surface area contributed by atoms with Crippen LogP contribution in [0.5, 0.6) is 0 Å². The third-order valence-corrected chi connectivity index (χ3v) is 2.29. The van der Waals surface area contributed by atoms with Gasteiger partial charge < -0.3 is 0 Å². The van der Waals surface area contributed by atoms with Crippen molar-refractivity contribution in [3.05, 3.63) is 30.1 Å². The molecule has 0 saturated heterocycles. The Kier molecular flexibility index (Phi) is 4.71. The lowest BCUT2D eigenvalue weighted by Crippen LogP contribution is -1.90. The van der Waals surface area contributed by atoms with Crippen LogP contribution in [0.1, 0.15) is 12.1 Å².